The maximum absolute atomic E-state index is 14.6. The highest BCUT2D eigenvalue weighted by molar-refractivity contribution is 7.21. The van der Waals surface area contributed by atoms with Crippen molar-refractivity contribution in [1.82, 2.24) is 14.9 Å². The number of hydrogen-bond acceptors (Lipinski definition) is 5. The lowest BCUT2D eigenvalue weighted by atomic mass is 9.93. The Bertz CT molecular complexity index is 1430. The largest absolute Gasteiger partial charge is 0.333 e. The minimum Gasteiger partial charge on any atom is -0.333 e. The fraction of sp³-hybridized carbons (Fsp3) is 0.364. The molecular weight excluding hydrogens is 538 g/mol. The van der Waals surface area contributed by atoms with Gasteiger partial charge in [-0.2, -0.15) is 0 Å². The van der Waals surface area contributed by atoms with Crippen LogP contribution in [0.2, 0.25) is 0 Å². The summed E-state index contributed by atoms with van der Waals surface area (Å²) in [6.45, 7) is 8.18. The van der Waals surface area contributed by atoms with Gasteiger partial charge in [0.25, 0.3) is 5.91 Å². The molecule has 1 amide bonds. The van der Waals surface area contributed by atoms with E-state index in [1.165, 1.54) is 7.05 Å². The van der Waals surface area contributed by atoms with E-state index in [2.05, 4.69) is 34.6 Å². The van der Waals surface area contributed by atoms with Gasteiger partial charge in [0.1, 0.15) is 11.6 Å². The molecule has 2 heterocycles. The first-order valence-electron chi connectivity index (χ1n) is 13.9. The quantitative estimate of drug-likeness (QED) is 0.243. The average molecular weight is 579 g/mol. The van der Waals surface area contributed by atoms with E-state index in [0.29, 0.717) is 17.0 Å². The number of aryl methyl sites for hydroxylation is 2. The van der Waals surface area contributed by atoms with Gasteiger partial charge in [0, 0.05) is 35.9 Å². The van der Waals surface area contributed by atoms with E-state index in [9.17, 15) is 13.6 Å². The van der Waals surface area contributed by atoms with E-state index in [0.717, 1.165) is 78.0 Å². The number of aromatic nitrogens is 2. The van der Waals surface area contributed by atoms with Gasteiger partial charge in [0.2, 0.25) is 0 Å². The molecule has 4 aromatic rings. The van der Waals surface area contributed by atoms with E-state index in [1.54, 1.807) is 25.5 Å². The zero-order valence-corrected chi connectivity index (χ0v) is 25.4. The number of benzene rings is 2. The Labute approximate surface area is 246 Å². The zero-order chi connectivity index (χ0) is 30.5. The number of hydrogen-bond donors (Lipinski definition) is 1. The highest BCUT2D eigenvalue weighted by Crippen LogP contribution is 2.37. The van der Waals surface area contributed by atoms with Gasteiger partial charge in [-0.3, -0.25) is 14.8 Å². The van der Waals surface area contributed by atoms with Crippen LogP contribution < -0.4 is 5.73 Å². The maximum Gasteiger partial charge on any atom is 0.264 e. The summed E-state index contributed by atoms with van der Waals surface area (Å²) < 4.78 is 29.3. The van der Waals surface area contributed by atoms with Crippen molar-refractivity contribution in [3.63, 3.8) is 0 Å². The molecule has 0 unspecified atom stereocenters. The predicted molar refractivity (Wildman–Crippen MR) is 167 cm³/mol. The minimum absolute atomic E-state index is 0.0927. The molecule has 0 radical (unpaired) electrons. The van der Waals surface area contributed by atoms with E-state index in [1.807, 2.05) is 37.8 Å². The molecule has 5 rings (SSSR count). The summed E-state index contributed by atoms with van der Waals surface area (Å²) in [5, 5.41) is 0.211. The molecule has 2 aromatic heterocycles. The van der Waals surface area contributed by atoms with Gasteiger partial charge in [-0.1, -0.05) is 45.2 Å². The fourth-order valence-corrected chi connectivity index (χ4v) is 6.18. The van der Waals surface area contributed by atoms with Crippen LogP contribution >= 0.6 is 11.3 Å². The van der Waals surface area contributed by atoms with Crippen molar-refractivity contribution in [1.29, 1.82) is 0 Å². The van der Waals surface area contributed by atoms with Crippen LogP contribution in [0.3, 0.4) is 0 Å². The number of halogens is 2. The van der Waals surface area contributed by atoms with E-state index >= 15 is 0 Å². The standard InChI is InChI=1S/C28H27F2N3OS.C2H6.C2H2.CH5N/c1-17-8-9-19(24-15-31-12-13-32-24)14-20(17)16-33(21-6-4-3-5-7-21)28(34)26-18(2)25-22(29)10-11-23(30)27(25)35-26;3*1-2/h8-15,21H,3-7,16H2,1-2H3;1-2H3;1-2H;2H2,1H3. The summed E-state index contributed by atoms with van der Waals surface area (Å²) in [4.78, 5) is 24.9. The SMILES string of the molecule is C#C.CC.CN.Cc1ccc(-c2cnccn2)cc1CN(C(=O)c1sc2c(F)ccc(F)c2c1C)C1CCCCC1. The molecule has 0 atom stereocenters. The third-order valence-electron chi connectivity index (χ3n) is 7.00. The number of terminal acetylenes is 1. The fourth-order valence-electron chi connectivity index (χ4n) is 5.00. The summed E-state index contributed by atoms with van der Waals surface area (Å²) in [5.74, 6) is -1.14. The molecule has 2 N–H and O–H groups in total. The Kier molecular flexibility index (Phi) is 13.5. The summed E-state index contributed by atoms with van der Waals surface area (Å²) in [6, 6.07) is 8.47. The second-order valence-corrected chi connectivity index (χ2v) is 10.3. The Morgan fingerprint density at radius 1 is 1.02 bits per heavy atom. The highest BCUT2D eigenvalue weighted by atomic mass is 32.1. The van der Waals surface area contributed by atoms with Crippen LogP contribution in [0, 0.1) is 38.3 Å². The number of amides is 1. The molecule has 1 aliphatic carbocycles. The van der Waals surface area contributed by atoms with Gasteiger partial charge in [-0.05, 0) is 68.6 Å². The van der Waals surface area contributed by atoms with Crippen LogP contribution in [-0.2, 0) is 6.54 Å². The molecule has 2 aromatic carbocycles. The molecule has 0 spiro atoms. The Morgan fingerprint density at radius 3 is 2.29 bits per heavy atom. The summed E-state index contributed by atoms with van der Waals surface area (Å²) in [6.07, 6.45) is 18.2. The minimum atomic E-state index is -0.495. The normalized spacial score (nSPS) is 12.6. The molecule has 0 saturated heterocycles. The van der Waals surface area contributed by atoms with Crippen molar-refractivity contribution in [3.8, 4) is 24.1 Å². The molecule has 8 heteroatoms. The predicted octanol–water partition coefficient (Wildman–Crippen LogP) is 8.08. The molecule has 5 nitrogen and oxygen atoms in total. The van der Waals surface area contributed by atoms with Crippen LogP contribution in [0.1, 0.15) is 72.3 Å². The molecule has 0 aliphatic heterocycles. The number of carbonyl (C=O) groups excluding carboxylic acids is 1. The second kappa shape index (κ2) is 16.6. The number of nitrogens with two attached hydrogens (primary N) is 1. The molecule has 218 valence electrons. The first-order chi connectivity index (χ1) is 19.9. The van der Waals surface area contributed by atoms with Crippen LogP contribution in [0.25, 0.3) is 21.3 Å². The zero-order valence-electron chi connectivity index (χ0n) is 24.6. The smallest absolute Gasteiger partial charge is 0.264 e. The first-order valence-corrected chi connectivity index (χ1v) is 14.7. The number of carbonyl (C=O) groups is 1. The topological polar surface area (TPSA) is 72.1 Å². The summed E-state index contributed by atoms with van der Waals surface area (Å²) >= 11 is 1.06. The Hall–Kier alpha value is -3.67. The van der Waals surface area contributed by atoms with Gasteiger partial charge in [-0.25, -0.2) is 8.78 Å². The molecule has 1 saturated carbocycles. The van der Waals surface area contributed by atoms with Crippen LogP contribution in [-0.4, -0.2) is 33.9 Å². The van der Waals surface area contributed by atoms with Gasteiger partial charge in [-0.15, -0.1) is 24.2 Å². The average Bonchev–Trinajstić information content (AvgIpc) is 3.40. The summed E-state index contributed by atoms with van der Waals surface area (Å²) in [5.41, 5.74) is 8.84. The van der Waals surface area contributed by atoms with Crippen molar-refractivity contribution in [2.45, 2.75) is 72.4 Å². The van der Waals surface area contributed by atoms with E-state index in [4.69, 9.17) is 0 Å². The second-order valence-electron chi connectivity index (χ2n) is 9.25. The monoisotopic (exact) mass is 578 g/mol. The van der Waals surface area contributed by atoms with Gasteiger partial charge >= 0.3 is 0 Å². The van der Waals surface area contributed by atoms with Crippen LogP contribution in [0.15, 0.2) is 48.9 Å². The molecular formula is C33H40F2N4OS. The lowest BCUT2D eigenvalue weighted by Gasteiger charge is -2.35. The Balaban J connectivity index is 0.000000921. The molecule has 0 bridgehead atoms. The van der Waals surface area contributed by atoms with E-state index in [-0.39, 0.29) is 22.0 Å². The number of thiophene rings is 1. The van der Waals surface area contributed by atoms with Crippen molar-refractivity contribution in [2.24, 2.45) is 5.73 Å². The first kappa shape index (κ1) is 33.5. The van der Waals surface area contributed by atoms with Crippen LogP contribution in [0.5, 0.6) is 0 Å². The molecule has 41 heavy (non-hydrogen) atoms. The Morgan fingerprint density at radius 2 is 1.68 bits per heavy atom. The molecule has 1 aliphatic rings. The van der Waals surface area contributed by atoms with Gasteiger partial charge in [0.05, 0.1) is 21.5 Å². The van der Waals surface area contributed by atoms with E-state index < -0.39 is 11.6 Å². The van der Waals surface area contributed by atoms with Crippen molar-refractivity contribution >= 4 is 27.3 Å². The third-order valence-corrected chi connectivity index (χ3v) is 8.29. The van der Waals surface area contributed by atoms with Crippen LogP contribution in [0.4, 0.5) is 8.78 Å². The lowest BCUT2D eigenvalue weighted by Crippen LogP contribution is -2.41. The van der Waals surface area contributed by atoms with Crippen molar-refractivity contribution in [2.75, 3.05) is 7.05 Å². The van der Waals surface area contributed by atoms with Gasteiger partial charge in [0.15, 0.2) is 0 Å². The molecule has 1 fully saturated rings. The van der Waals surface area contributed by atoms with Gasteiger partial charge < -0.3 is 10.6 Å². The number of rotatable bonds is 5. The maximum atomic E-state index is 14.6. The highest BCUT2D eigenvalue weighted by Gasteiger charge is 2.30. The lowest BCUT2D eigenvalue weighted by molar-refractivity contribution is 0.0618. The number of fused-ring (bicyclic) bond motifs is 1. The summed E-state index contributed by atoms with van der Waals surface area (Å²) in [7, 11) is 1.50. The van der Waals surface area contributed by atoms with Crippen molar-refractivity contribution in [3.05, 3.63) is 82.1 Å². The van der Waals surface area contributed by atoms with Crippen molar-refractivity contribution < 1.29 is 13.6 Å². The third kappa shape index (κ3) is 7.75. The number of nitrogens with zero attached hydrogens (tertiary/aromatic N) is 3.